The van der Waals surface area contributed by atoms with Crippen LogP contribution in [0.1, 0.15) is 19.3 Å². The zero-order chi connectivity index (χ0) is 16.0. The largest absolute Gasteiger partial charge is 0.748 e. The van der Waals surface area contributed by atoms with Gasteiger partial charge in [0.05, 0.1) is 35.0 Å². The van der Waals surface area contributed by atoms with Crippen LogP contribution in [0.4, 0.5) is 0 Å². The summed E-state index contributed by atoms with van der Waals surface area (Å²) in [6, 6.07) is 0. The Kier molecular flexibility index (Phi) is 6.37. The molecule has 2 aliphatic rings. The summed E-state index contributed by atoms with van der Waals surface area (Å²) in [6.07, 6.45) is 5.34. The molecule has 2 atom stereocenters. The number of allylic oxidation sites excluding steroid dienone is 1. The molecule has 1 aliphatic carbocycles. The van der Waals surface area contributed by atoms with Crippen molar-refractivity contribution < 1.29 is 27.2 Å². The molecule has 8 heteroatoms. The van der Waals surface area contributed by atoms with Crippen LogP contribution in [0.25, 0.3) is 0 Å². The highest BCUT2D eigenvalue weighted by atomic mass is 32.2. The first kappa shape index (κ1) is 17.4. The second-order valence-electron chi connectivity index (χ2n) is 5.66. The minimum Gasteiger partial charge on any atom is -0.748 e. The molecular weight excluding hydrogens is 310 g/mol. The van der Waals surface area contributed by atoms with Crippen LogP contribution < -0.4 is 0 Å². The van der Waals surface area contributed by atoms with Crippen LogP contribution in [0, 0.1) is 5.92 Å². The van der Waals surface area contributed by atoms with Gasteiger partial charge in [0.15, 0.2) is 0 Å². The van der Waals surface area contributed by atoms with E-state index in [9.17, 15) is 17.8 Å². The summed E-state index contributed by atoms with van der Waals surface area (Å²) in [5.41, 5.74) is 0. The molecule has 0 radical (unpaired) electrons. The van der Waals surface area contributed by atoms with E-state index in [1.54, 1.807) is 6.08 Å². The predicted molar refractivity (Wildman–Crippen MR) is 78.2 cm³/mol. The van der Waals surface area contributed by atoms with Gasteiger partial charge in [-0.15, -0.1) is 0 Å². The summed E-state index contributed by atoms with van der Waals surface area (Å²) < 4.78 is 43.6. The average molecular weight is 332 g/mol. The molecule has 0 N–H and O–H groups in total. The van der Waals surface area contributed by atoms with Crippen molar-refractivity contribution in [3.05, 3.63) is 12.2 Å². The van der Waals surface area contributed by atoms with Crippen molar-refractivity contribution >= 4 is 16.1 Å². The van der Waals surface area contributed by atoms with E-state index in [0.29, 0.717) is 32.7 Å². The fraction of sp³-hybridized carbons (Fsp3) is 0.786. The smallest absolute Gasteiger partial charge is 0.313 e. The van der Waals surface area contributed by atoms with Gasteiger partial charge in [0.25, 0.3) is 0 Å². The number of morpholine rings is 1. The first-order valence-electron chi connectivity index (χ1n) is 7.55. The van der Waals surface area contributed by atoms with E-state index >= 15 is 0 Å². The Bertz CT molecular complexity index is 497. The van der Waals surface area contributed by atoms with Gasteiger partial charge >= 0.3 is 5.97 Å². The first-order valence-corrected chi connectivity index (χ1v) is 9.12. The molecule has 1 saturated heterocycles. The van der Waals surface area contributed by atoms with Gasteiger partial charge in [-0.3, -0.25) is 9.69 Å². The molecule has 0 aromatic carbocycles. The molecule has 0 aromatic rings. The molecule has 1 aliphatic heterocycles. The van der Waals surface area contributed by atoms with Crippen molar-refractivity contribution in [2.24, 2.45) is 5.92 Å². The molecule has 0 bridgehead atoms. The highest BCUT2D eigenvalue weighted by Gasteiger charge is 2.26. The van der Waals surface area contributed by atoms with Crippen molar-refractivity contribution in [1.82, 2.24) is 4.90 Å². The number of carbonyl (C=O) groups excluding carboxylic acids is 1. The van der Waals surface area contributed by atoms with E-state index in [-0.39, 0.29) is 12.5 Å². The van der Waals surface area contributed by atoms with Gasteiger partial charge in [-0.25, -0.2) is 8.42 Å². The topological polar surface area (TPSA) is 96.0 Å². The molecule has 0 saturated carbocycles. The van der Waals surface area contributed by atoms with E-state index in [0.717, 1.165) is 12.8 Å². The molecule has 1 heterocycles. The van der Waals surface area contributed by atoms with Gasteiger partial charge in [0, 0.05) is 19.6 Å². The van der Waals surface area contributed by atoms with Crippen LogP contribution in [0.2, 0.25) is 0 Å². The third-order valence-electron chi connectivity index (χ3n) is 3.80. The molecule has 22 heavy (non-hydrogen) atoms. The minimum absolute atomic E-state index is 0.243. The molecular formula is C14H22NO6S-. The lowest BCUT2D eigenvalue weighted by Gasteiger charge is -2.31. The number of ether oxygens (including phenoxy) is 2. The van der Waals surface area contributed by atoms with Crippen molar-refractivity contribution in [3.8, 4) is 0 Å². The summed E-state index contributed by atoms with van der Waals surface area (Å²) in [4.78, 5) is 14.1. The van der Waals surface area contributed by atoms with Crippen molar-refractivity contribution in [3.63, 3.8) is 0 Å². The zero-order valence-electron chi connectivity index (χ0n) is 12.5. The zero-order valence-corrected chi connectivity index (χ0v) is 13.3. The fourth-order valence-electron chi connectivity index (χ4n) is 2.68. The van der Waals surface area contributed by atoms with Crippen molar-refractivity contribution in [2.75, 3.05) is 38.6 Å². The van der Waals surface area contributed by atoms with Crippen molar-refractivity contribution in [1.29, 1.82) is 0 Å². The lowest BCUT2D eigenvalue weighted by atomic mass is 9.96. The number of esters is 1. The summed E-state index contributed by atoms with van der Waals surface area (Å²) in [6.45, 7) is 2.62. The molecule has 2 unspecified atom stereocenters. The average Bonchev–Trinajstić information content (AvgIpc) is 2.47. The Morgan fingerprint density at radius 3 is 2.73 bits per heavy atom. The van der Waals surface area contributed by atoms with Crippen LogP contribution in [0.15, 0.2) is 12.2 Å². The Balaban J connectivity index is 1.95. The molecule has 2 rings (SSSR count). The summed E-state index contributed by atoms with van der Waals surface area (Å²) >= 11 is 0. The number of rotatable bonds is 6. The normalized spacial score (nSPS) is 24.9. The molecule has 7 nitrogen and oxygen atoms in total. The van der Waals surface area contributed by atoms with Gasteiger partial charge in [0.2, 0.25) is 0 Å². The summed E-state index contributed by atoms with van der Waals surface area (Å²) in [5, 5.41) is 0. The molecule has 0 amide bonds. The number of hydrogen-bond acceptors (Lipinski definition) is 7. The monoisotopic (exact) mass is 332 g/mol. The molecule has 126 valence electrons. The van der Waals surface area contributed by atoms with Crippen LogP contribution in [-0.4, -0.2) is 68.5 Å². The van der Waals surface area contributed by atoms with E-state index in [1.165, 1.54) is 0 Å². The maximum Gasteiger partial charge on any atom is 0.313 e. The van der Waals surface area contributed by atoms with Gasteiger partial charge in [0.1, 0.15) is 6.10 Å². The maximum absolute atomic E-state index is 12.1. The second kappa shape index (κ2) is 8.05. The third-order valence-corrected chi connectivity index (χ3v) is 4.58. The first-order chi connectivity index (χ1) is 10.4. The van der Waals surface area contributed by atoms with Gasteiger partial charge < -0.3 is 14.0 Å². The Morgan fingerprint density at radius 2 is 2.14 bits per heavy atom. The summed E-state index contributed by atoms with van der Waals surface area (Å²) in [7, 11) is -4.45. The Morgan fingerprint density at radius 1 is 1.41 bits per heavy atom. The predicted octanol–water partition coefficient (Wildman–Crippen LogP) is 0.132. The van der Waals surface area contributed by atoms with Crippen LogP contribution >= 0.6 is 0 Å². The van der Waals surface area contributed by atoms with Gasteiger partial charge in [-0.2, -0.15) is 0 Å². The highest BCUT2D eigenvalue weighted by Crippen LogP contribution is 2.19. The van der Waals surface area contributed by atoms with Crippen LogP contribution in [0.3, 0.4) is 0 Å². The van der Waals surface area contributed by atoms with E-state index in [1.807, 2.05) is 11.0 Å². The highest BCUT2D eigenvalue weighted by molar-refractivity contribution is 7.85. The van der Waals surface area contributed by atoms with Gasteiger partial charge in [-0.1, -0.05) is 12.2 Å². The lowest BCUT2D eigenvalue weighted by Crippen LogP contribution is -2.44. The second-order valence-corrected chi connectivity index (χ2v) is 7.11. The number of nitrogens with zero attached hydrogens (tertiary/aromatic N) is 1. The maximum atomic E-state index is 12.1. The summed E-state index contributed by atoms with van der Waals surface area (Å²) in [5.74, 6) is -1.47. The third kappa shape index (κ3) is 6.04. The van der Waals surface area contributed by atoms with E-state index < -0.39 is 27.9 Å². The number of hydrogen-bond donors (Lipinski definition) is 0. The Hall–Kier alpha value is -0.960. The van der Waals surface area contributed by atoms with Crippen LogP contribution in [-0.2, 0) is 24.4 Å². The van der Waals surface area contributed by atoms with Gasteiger partial charge in [-0.05, 0) is 19.3 Å². The van der Waals surface area contributed by atoms with Crippen molar-refractivity contribution in [2.45, 2.75) is 25.4 Å². The van der Waals surface area contributed by atoms with Crippen LogP contribution in [0.5, 0.6) is 0 Å². The Labute approximate surface area is 131 Å². The number of carbonyl (C=O) groups is 1. The van der Waals surface area contributed by atoms with E-state index in [4.69, 9.17) is 9.47 Å². The minimum atomic E-state index is -4.45. The molecule has 1 fully saturated rings. The standard InChI is InChI=1S/C14H23NO6S/c16-14(12-4-2-1-3-5-12)21-13(11-22(17,18)19)10-15-6-8-20-9-7-15/h2,4,12-13H,1,3,5-11H2,(H,17,18,19)/p-1. The quantitative estimate of drug-likeness (QED) is 0.387. The van der Waals surface area contributed by atoms with E-state index in [2.05, 4.69) is 0 Å². The molecule has 0 aromatic heterocycles. The fourth-order valence-corrected chi connectivity index (χ4v) is 3.31. The SMILES string of the molecule is O=C(OC(CN1CCOCC1)CS(=O)(=O)[O-])C1C=CCCC1. The lowest BCUT2D eigenvalue weighted by molar-refractivity contribution is -0.152. The molecule has 0 spiro atoms.